The predicted octanol–water partition coefficient (Wildman–Crippen LogP) is 3.38. The van der Waals surface area contributed by atoms with Gasteiger partial charge in [0.2, 0.25) is 11.5 Å². The number of esters is 1. The Kier molecular flexibility index (Phi) is 3.64. The molecule has 5 heteroatoms. The van der Waals surface area contributed by atoms with Gasteiger partial charge >= 0.3 is 5.97 Å². The Balaban J connectivity index is 1.67. The standard InChI is InChI=1S/C17H19NO4/c1-10-8-14(12(3)18(10)13-5-6-13)15(19)9-21-17(20)16-7-4-11(2)22-16/h4,7-8,13H,5-6,9H2,1-3H3. The maximum Gasteiger partial charge on any atom is 0.374 e. The quantitative estimate of drug-likeness (QED) is 0.627. The Labute approximate surface area is 128 Å². The fraction of sp³-hybridized carbons (Fsp3) is 0.412. The van der Waals surface area contributed by atoms with Crippen LogP contribution in [-0.2, 0) is 4.74 Å². The van der Waals surface area contributed by atoms with Gasteiger partial charge in [0.25, 0.3) is 0 Å². The molecule has 0 N–H and O–H groups in total. The summed E-state index contributed by atoms with van der Waals surface area (Å²) < 4.78 is 12.4. The highest BCUT2D eigenvalue weighted by Gasteiger charge is 2.28. The molecule has 1 fully saturated rings. The highest BCUT2D eigenvalue weighted by Crippen LogP contribution is 2.38. The van der Waals surface area contributed by atoms with Crippen LogP contribution in [0, 0.1) is 20.8 Å². The molecule has 0 unspecified atom stereocenters. The Morgan fingerprint density at radius 2 is 2.00 bits per heavy atom. The van der Waals surface area contributed by atoms with Crippen molar-refractivity contribution in [3.8, 4) is 0 Å². The van der Waals surface area contributed by atoms with E-state index < -0.39 is 5.97 Å². The summed E-state index contributed by atoms with van der Waals surface area (Å²) in [4.78, 5) is 24.1. The van der Waals surface area contributed by atoms with Crippen molar-refractivity contribution in [2.24, 2.45) is 0 Å². The summed E-state index contributed by atoms with van der Waals surface area (Å²) in [5.41, 5.74) is 2.67. The van der Waals surface area contributed by atoms with Gasteiger partial charge in [0.15, 0.2) is 6.61 Å². The molecule has 1 saturated carbocycles. The third-order valence-corrected chi connectivity index (χ3v) is 3.97. The van der Waals surface area contributed by atoms with Crippen molar-refractivity contribution < 1.29 is 18.7 Å². The van der Waals surface area contributed by atoms with Crippen LogP contribution in [-0.4, -0.2) is 22.9 Å². The zero-order chi connectivity index (χ0) is 15.9. The zero-order valence-electron chi connectivity index (χ0n) is 13.0. The van der Waals surface area contributed by atoms with Gasteiger partial charge < -0.3 is 13.7 Å². The van der Waals surface area contributed by atoms with E-state index in [0.717, 1.165) is 24.2 Å². The van der Waals surface area contributed by atoms with Crippen LogP contribution in [0.25, 0.3) is 0 Å². The molecule has 0 atom stereocenters. The maximum absolute atomic E-state index is 12.3. The molecule has 0 spiro atoms. The van der Waals surface area contributed by atoms with E-state index in [2.05, 4.69) is 4.57 Å². The topological polar surface area (TPSA) is 61.4 Å². The highest BCUT2D eigenvalue weighted by molar-refractivity contribution is 6.00. The SMILES string of the molecule is Cc1ccc(C(=O)OCC(=O)c2cc(C)n(C3CC3)c2C)o1. The lowest BCUT2D eigenvalue weighted by Crippen LogP contribution is -2.14. The fourth-order valence-corrected chi connectivity index (χ4v) is 2.78. The van der Waals surface area contributed by atoms with Crippen LogP contribution in [0.4, 0.5) is 0 Å². The van der Waals surface area contributed by atoms with Gasteiger partial charge in [-0.1, -0.05) is 0 Å². The van der Waals surface area contributed by atoms with E-state index in [4.69, 9.17) is 9.15 Å². The normalized spacial score (nSPS) is 14.1. The highest BCUT2D eigenvalue weighted by atomic mass is 16.5. The number of furan rings is 1. The summed E-state index contributed by atoms with van der Waals surface area (Å²) >= 11 is 0. The van der Waals surface area contributed by atoms with E-state index in [1.54, 1.807) is 19.1 Å². The van der Waals surface area contributed by atoms with Crippen LogP contribution < -0.4 is 0 Å². The molecular weight excluding hydrogens is 282 g/mol. The molecule has 22 heavy (non-hydrogen) atoms. The van der Waals surface area contributed by atoms with Crippen molar-refractivity contribution >= 4 is 11.8 Å². The van der Waals surface area contributed by atoms with Gasteiger partial charge in [-0.2, -0.15) is 0 Å². The van der Waals surface area contributed by atoms with Gasteiger partial charge in [-0.25, -0.2) is 4.79 Å². The molecule has 0 aromatic carbocycles. The maximum atomic E-state index is 12.3. The third-order valence-electron chi connectivity index (χ3n) is 3.97. The van der Waals surface area contributed by atoms with Crippen LogP contribution in [0.5, 0.6) is 0 Å². The Morgan fingerprint density at radius 3 is 2.59 bits per heavy atom. The number of rotatable bonds is 5. The summed E-state index contributed by atoms with van der Waals surface area (Å²) in [7, 11) is 0. The smallest absolute Gasteiger partial charge is 0.374 e. The number of ether oxygens (including phenoxy) is 1. The van der Waals surface area contributed by atoms with Crippen LogP contribution in [0.2, 0.25) is 0 Å². The number of aromatic nitrogens is 1. The minimum absolute atomic E-state index is 0.119. The molecule has 0 radical (unpaired) electrons. The lowest BCUT2D eigenvalue weighted by molar-refractivity contribution is 0.0442. The molecule has 0 saturated heterocycles. The average molecular weight is 301 g/mol. The Morgan fingerprint density at radius 1 is 1.27 bits per heavy atom. The molecule has 2 heterocycles. The van der Waals surface area contributed by atoms with Crippen LogP contribution in [0.15, 0.2) is 22.6 Å². The number of Topliss-reactive ketones (excluding diaryl/α,β-unsaturated/α-hetero) is 1. The summed E-state index contributed by atoms with van der Waals surface area (Å²) in [6.07, 6.45) is 2.33. The van der Waals surface area contributed by atoms with Gasteiger partial charge in [0.1, 0.15) is 5.76 Å². The van der Waals surface area contributed by atoms with Crippen molar-refractivity contribution in [1.82, 2.24) is 4.57 Å². The lowest BCUT2D eigenvalue weighted by Gasteiger charge is -2.07. The lowest BCUT2D eigenvalue weighted by atomic mass is 10.1. The molecule has 2 aromatic rings. The number of nitrogens with zero attached hydrogens (tertiary/aromatic N) is 1. The number of carbonyl (C=O) groups is 2. The van der Waals surface area contributed by atoms with E-state index in [0.29, 0.717) is 17.4 Å². The Hall–Kier alpha value is -2.30. The van der Waals surface area contributed by atoms with Crippen molar-refractivity contribution in [2.45, 2.75) is 39.7 Å². The Bertz CT molecular complexity index is 734. The van der Waals surface area contributed by atoms with Crippen LogP contribution >= 0.6 is 0 Å². The summed E-state index contributed by atoms with van der Waals surface area (Å²) in [6, 6.07) is 5.62. The molecular formula is C17H19NO4. The average Bonchev–Trinajstić information content (AvgIpc) is 3.14. The van der Waals surface area contributed by atoms with Gasteiger partial charge in [0.05, 0.1) is 0 Å². The number of carbonyl (C=O) groups excluding carboxylic acids is 2. The van der Waals surface area contributed by atoms with E-state index >= 15 is 0 Å². The summed E-state index contributed by atoms with van der Waals surface area (Å²) in [5, 5.41) is 0. The van der Waals surface area contributed by atoms with Crippen molar-refractivity contribution in [2.75, 3.05) is 6.61 Å². The molecule has 0 bridgehead atoms. The van der Waals surface area contributed by atoms with Gasteiger partial charge in [-0.15, -0.1) is 0 Å². The molecule has 1 aliphatic rings. The first-order valence-corrected chi connectivity index (χ1v) is 7.42. The van der Waals surface area contributed by atoms with Crippen LogP contribution in [0.3, 0.4) is 0 Å². The van der Waals surface area contributed by atoms with Crippen molar-refractivity contribution in [3.63, 3.8) is 0 Å². The molecule has 2 aromatic heterocycles. The van der Waals surface area contributed by atoms with Gasteiger partial charge in [-0.05, 0) is 51.8 Å². The number of hydrogen-bond donors (Lipinski definition) is 0. The minimum atomic E-state index is -0.613. The zero-order valence-corrected chi connectivity index (χ0v) is 13.0. The first kappa shape index (κ1) is 14.6. The summed E-state index contributed by atoms with van der Waals surface area (Å²) in [5.74, 6) is -0.0471. The second-order valence-corrected chi connectivity index (χ2v) is 5.80. The number of aryl methyl sites for hydroxylation is 2. The molecule has 0 aliphatic heterocycles. The van der Waals surface area contributed by atoms with E-state index in [1.165, 1.54) is 0 Å². The van der Waals surface area contributed by atoms with Crippen molar-refractivity contribution in [1.29, 1.82) is 0 Å². The van der Waals surface area contributed by atoms with Crippen LogP contribution in [0.1, 0.15) is 56.9 Å². The van der Waals surface area contributed by atoms with Crippen molar-refractivity contribution in [3.05, 3.63) is 46.7 Å². The van der Waals surface area contributed by atoms with Gasteiger partial charge in [-0.3, -0.25) is 4.79 Å². The van der Waals surface area contributed by atoms with E-state index in [9.17, 15) is 9.59 Å². The summed E-state index contributed by atoms with van der Waals surface area (Å²) in [6.45, 7) is 5.41. The first-order chi connectivity index (χ1) is 10.5. The predicted molar refractivity (Wildman–Crippen MR) is 80.2 cm³/mol. The van der Waals surface area contributed by atoms with E-state index in [1.807, 2.05) is 19.9 Å². The van der Waals surface area contributed by atoms with E-state index in [-0.39, 0.29) is 18.2 Å². The molecule has 3 rings (SSSR count). The number of ketones is 1. The molecule has 116 valence electrons. The largest absolute Gasteiger partial charge is 0.454 e. The third kappa shape index (κ3) is 2.71. The second kappa shape index (κ2) is 5.48. The monoisotopic (exact) mass is 301 g/mol. The molecule has 0 amide bonds. The fourth-order valence-electron chi connectivity index (χ4n) is 2.78. The molecule has 1 aliphatic carbocycles. The first-order valence-electron chi connectivity index (χ1n) is 7.42. The number of hydrogen-bond acceptors (Lipinski definition) is 4. The molecule has 5 nitrogen and oxygen atoms in total. The second-order valence-electron chi connectivity index (χ2n) is 5.80. The van der Waals surface area contributed by atoms with Gasteiger partial charge in [0, 0.05) is 23.0 Å². The minimum Gasteiger partial charge on any atom is -0.454 e.